The van der Waals surface area contributed by atoms with Gasteiger partial charge in [0.15, 0.2) is 0 Å². The number of sulfonamides is 1. The minimum absolute atomic E-state index is 0.149. The maximum absolute atomic E-state index is 13.7. The minimum Gasteiger partial charge on any atom is -0.444 e. The third-order valence-electron chi connectivity index (χ3n) is 7.57. The Morgan fingerprint density at radius 1 is 0.867 bits per heavy atom. The van der Waals surface area contributed by atoms with E-state index in [4.69, 9.17) is 16.3 Å². The first-order valence-corrected chi connectivity index (χ1v) is 16.5. The molecule has 234 valence electrons. The molecule has 2 amide bonds. The van der Waals surface area contributed by atoms with Gasteiger partial charge in [0, 0.05) is 42.5 Å². The summed E-state index contributed by atoms with van der Waals surface area (Å²) in [6.07, 6.45) is 0.935. The van der Waals surface area contributed by atoms with Gasteiger partial charge in [0.05, 0.1) is 0 Å². The van der Waals surface area contributed by atoms with Crippen molar-refractivity contribution in [3.63, 3.8) is 0 Å². The average molecular weight is 646 g/mol. The standard InChI is InChI=1S/C35H36ClN3O5S/c1-5-32(29-11-10-28-23-30(36)15-12-27(28)22-29)45(42,43)39-20-18-38(19-21-39)33(40)26-8-6-24(7-9-26)25-13-16-31(17-14-25)37-34(41)44-35(2,3)4/h5-17,22-23,32H,1,18-21H2,2-4H3,(H,37,41). The Hall–Kier alpha value is -4.18. The summed E-state index contributed by atoms with van der Waals surface area (Å²) < 4.78 is 34.0. The van der Waals surface area contributed by atoms with Crippen LogP contribution in [0.1, 0.15) is 41.9 Å². The van der Waals surface area contributed by atoms with Crippen LogP contribution < -0.4 is 5.32 Å². The van der Waals surface area contributed by atoms with Gasteiger partial charge in [-0.25, -0.2) is 13.2 Å². The van der Waals surface area contributed by atoms with Crippen LogP contribution in [0.15, 0.2) is 97.6 Å². The number of carbonyl (C=O) groups is 2. The summed E-state index contributed by atoms with van der Waals surface area (Å²) in [7, 11) is -3.75. The lowest BCUT2D eigenvalue weighted by molar-refractivity contribution is 0.0635. The van der Waals surface area contributed by atoms with Gasteiger partial charge in [-0.05, 0) is 90.7 Å². The van der Waals surface area contributed by atoms with E-state index in [1.165, 1.54) is 10.4 Å². The number of fused-ring (bicyclic) bond motifs is 1. The van der Waals surface area contributed by atoms with Crippen LogP contribution in [0.25, 0.3) is 21.9 Å². The number of ether oxygens (including phenoxy) is 1. The molecule has 0 aliphatic carbocycles. The number of nitrogens with zero attached hydrogens (tertiary/aromatic N) is 2. The summed E-state index contributed by atoms with van der Waals surface area (Å²) in [5.74, 6) is -0.149. The topological polar surface area (TPSA) is 96.0 Å². The molecule has 5 rings (SSSR count). The molecule has 0 saturated carbocycles. The van der Waals surface area contributed by atoms with E-state index in [1.807, 2.05) is 48.5 Å². The molecule has 45 heavy (non-hydrogen) atoms. The highest BCUT2D eigenvalue weighted by Crippen LogP contribution is 2.31. The second-order valence-corrected chi connectivity index (χ2v) is 14.4. The highest BCUT2D eigenvalue weighted by Gasteiger charge is 2.35. The van der Waals surface area contributed by atoms with Crippen molar-refractivity contribution in [2.45, 2.75) is 31.6 Å². The summed E-state index contributed by atoms with van der Waals surface area (Å²) in [5.41, 5.74) is 3.03. The lowest BCUT2D eigenvalue weighted by Crippen LogP contribution is -2.51. The smallest absolute Gasteiger partial charge is 0.412 e. The molecule has 0 bridgehead atoms. The van der Waals surface area contributed by atoms with Gasteiger partial charge in [0.25, 0.3) is 5.91 Å². The van der Waals surface area contributed by atoms with E-state index < -0.39 is 27.0 Å². The molecule has 1 fully saturated rings. The number of halogens is 1. The van der Waals surface area contributed by atoms with Crippen LogP contribution in [-0.2, 0) is 14.8 Å². The van der Waals surface area contributed by atoms with E-state index in [0.717, 1.165) is 21.9 Å². The zero-order valence-corrected chi connectivity index (χ0v) is 27.1. The zero-order chi connectivity index (χ0) is 32.4. The second-order valence-electron chi connectivity index (χ2n) is 11.9. The fourth-order valence-corrected chi connectivity index (χ4v) is 7.21. The Labute approximate surface area is 269 Å². The molecule has 0 radical (unpaired) electrons. The maximum atomic E-state index is 13.7. The normalized spacial score (nSPS) is 15.0. The molecular weight excluding hydrogens is 610 g/mol. The number of benzene rings is 4. The molecule has 4 aromatic carbocycles. The highest BCUT2D eigenvalue weighted by molar-refractivity contribution is 7.89. The molecule has 8 nitrogen and oxygen atoms in total. The number of carbonyl (C=O) groups excluding carboxylic acids is 2. The van der Waals surface area contributed by atoms with Crippen LogP contribution in [0.2, 0.25) is 5.02 Å². The Morgan fingerprint density at radius 2 is 1.44 bits per heavy atom. The van der Waals surface area contributed by atoms with Crippen molar-refractivity contribution in [3.8, 4) is 11.1 Å². The molecular formula is C35H36ClN3O5S. The number of amides is 2. The number of piperazine rings is 1. The van der Waals surface area contributed by atoms with Crippen molar-refractivity contribution < 1.29 is 22.7 Å². The van der Waals surface area contributed by atoms with Gasteiger partial charge < -0.3 is 9.64 Å². The van der Waals surface area contributed by atoms with Gasteiger partial charge >= 0.3 is 6.09 Å². The first-order valence-electron chi connectivity index (χ1n) is 14.6. The molecule has 1 N–H and O–H groups in total. The number of hydrogen-bond donors (Lipinski definition) is 1. The van der Waals surface area contributed by atoms with Crippen LogP contribution >= 0.6 is 11.6 Å². The Kier molecular flexibility index (Phi) is 9.34. The molecule has 1 atom stereocenters. The number of anilines is 1. The molecule has 1 unspecified atom stereocenters. The summed E-state index contributed by atoms with van der Waals surface area (Å²) in [4.78, 5) is 27.0. The average Bonchev–Trinajstić information content (AvgIpc) is 3.00. The Balaban J connectivity index is 1.20. The predicted molar refractivity (Wildman–Crippen MR) is 180 cm³/mol. The van der Waals surface area contributed by atoms with Crippen molar-refractivity contribution in [3.05, 3.63) is 114 Å². The van der Waals surface area contributed by atoms with E-state index in [1.54, 1.807) is 62.1 Å². The van der Waals surface area contributed by atoms with Crippen LogP contribution in [0, 0.1) is 0 Å². The van der Waals surface area contributed by atoms with Gasteiger partial charge in [-0.15, -0.1) is 6.58 Å². The van der Waals surface area contributed by atoms with Gasteiger partial charge in [0.1, 0.15) is 10.9 Å². The summed E-state index contributed by atoms with van der Waals surface area (Å²) in [6.45, 7) is 10.2. The van der Waals surface area contributed by atoms with Crippen molar-refractivity contribution in [2.75, 3.05) is 31.5 Å². The Morgan fingerprint density at radius 3 is 2.04 bits per heavy atom. The molecule has 0 aromatic heterocycles. The first-order chi connectivity index (χ1) is 21.3. The molecule has 4 aromatic rings. The van der Waals surface area contributed by atoms with Crippen molar-refractivity contribution >= 4 is 50.1 Å². The monoisotopic (exact) mass is 645 g/mol. The second kappa shape index (κ2) is 13.0. The fraction of sp³-hybridized carbons (Fsp3) is 0.257. The minimum atomic E-state index is -3.75. The predicted octanol–water partition coefficient (Wildman–Crippen LogP) is 7.52. The molecule has 10 heteroatoms. The van der Waals surface area contributed by atoms with Crippen molar-refractivity contribution in [1.82, 2.24) is 9.21 Å². The zero-order valence-electron chi connectivity index (χ0n) is 25.5. The molecule has 1 aliphatic heterocycles. The Bertz CT molecular complexity index is 1830. The SMILES string of the molecule is C=CC(c1ccc2cc(Cl)ccc2c1)S(=O)(=O)N1CCN(C(=O)c2ccc(-c3ccc(NC(=O)OC(C)(C)C)cc3)cc2)CC1. The number of hydrogen-bond acceptors (Lipinski definition) is 5. The lowest BCUT2D eigenvalue weighted by atomic mass is 10.0. The van der Waals surface area contributed by atoms with Gasteiger partial charge in [-0.2, -0.15) is 4.31 Å². The molecule has 0 spiro atoms. The first kappa shape index (κ1) is 32.2. The van der Waals surface area contributed by atoms with Crippen molar-refractivity contribution in [2.24, 2.45) is 0 Å². The van der Waals surface area contributed by atoms with E-state index >= 15 is 0 Å². The van der Waals surface area contributed by atoms with Crippen LogP contribution in [0.5, 0.6) is 0 Å². The van der Waals surface area contributed by atoms with Crippen LogP contribution in [0.3, 0.4) is 0 Å². The van der Waals surface area contributed by atoms with E-state index in [0.29, 0.717) is 21.8 Å². The number of nitrogens with one attached hydrogen (secondary N) is 1. The van der Waals surface area contributed by atoms with E-state index in [2.05, 4.69) is 11.9 Å². The van der Waals surface area contributed by atoms with Crippen LogP contribution in [0.4, 0.5) is 10.5 Å². The molecule has 1 heterocycles. The number of rotatable bonds is 7. The largest absolute Gasteiger partial charge is 0.444 e. The van der Waals surface area contributed by atoms with Gasteiger partial charge in [-0.3, -0.25) is 10.1 Å². The van der Waals surface area contributed by atoms with Crippen LogP contribution in [-0.4, -0.2) is 61.4 Å². The lowest BCUT2D eigenvalue weighted by Gasteiger charge is -2.35. The molecule has 1 aliphatic rings. The maximum Gasteiger partial charge on any atom is 0.412 e. The fourth-order valence-electron chi connectivity index (χ4n) is 5.30. The highest BCUT2D eigenvalue weighted by atomic mass is 35.5. The van der Waals surface area contributed by atoms with E-state index in [9.17, 15) is 18.0 Å². The van der Waals surface area contributed by atoms with Gasteiger partial charge in [-0.1, -0.05) is 60.1 Å². The summed E-state index contributed by atoms with van der Waals surface area (Å²) in [6, 6.07) is 25.6. The quantitative estimate of drug-likeness (QED) is 0.210. The third kappa shape index (κ3) is 7.56. The molecule has 1 saturated heterocycles. The third-order valence-corrected chi connectivity index (χ3v) is 10.00. The van der Waals surface area contributed by atoms with Crippen molar-refractivity contribution in [1.29, 1.82) is 0 Å². The van der Waals surface area contributed by atoms with E-state index in [-0.39, 0.29) is 32.1 Å². The van der Waals surface area contributed by atoms with Gasteiger partial charge in [0.2, 0.25) is 10.0 Å². The summed E-state index contributed by atoms with van der Waals surface area (Å²) >= 11 is 6.10. The summed E-state index contributed by atoms with van der Waals surface area (Å²) in [5, 5.41) is 4.25.